The summed E-state index contributed by atoms with van der Waals surface area (Å²) in [6.45, 7) is 2.39. The molecule has 1 saturated heterocycles. The van der Waals surface area contributed by atoms with Gasteiger partial charge in [0, 0.05) is 25.2 Å². The standard InChI is InChI=1S/C18H17Cl2N3O3S/c19-13-2-1-11(9-14(13)20)15-12(10-21)18(23-4-7-26-8-5-23)27-16(15)17(25)22-3-6-24/h1-2,9,24H,3-8H2,(H,22,25). The molecule has 2 heterocycles. The van der Waals surface area contributed by atoms with E-state index in [0.717, 1.165) is 5.00 Å². The first-order valence-electron chi connectivity index (χ1n) is 8.31. The third-order valence-corrected chi connectivity index (χ3v) is 6.10. The molecule has 0 atom stereocenters. The number of aliphatic hydroxyl groups is 1. The van der Waals surface area contributed by atoms with Crippen LogP contribution in [0.4, 0.5) is 5.00 Å². The summed E-state index contributed by atoms with van der Waals surface area (Å²) in [6.07, 6.45) is 0. The topological polar surface area (TPSA) is 85.6 Å². The highest BCUT2D eigenvalue weighted by atomic mass is 35.5. The van der Waals surface area contributed by atoms with Gasteiger partial charge in [0.15, 0.2) is 0 Å². The lowest BCUT2D eigenvalue weighted by molar-refractivity contribution is 0.0949. The van der Waals surface area contributed by atoms with Crippen LogP contribution in [0.1, 0.15) is 15.2 Å². The summed E-state index contributed by atoms with van der Waals surface area (Å²) in [5.41, 5.74) is 1.60. The number of anilines is 1. The number of hydrogen-bond donors (Lipinski definition) is 2. The van der Waals surface area contributed by atoms with Crippen molar-refractivity contribution in [1.29, 1.82) is 5.26 Å². The van der Waals surface area contributed by atoms with E-state index in [9.17, 15) is 10.1 Å². The number of nitrogens with one attached hydrogen (secondary N) is 1. The van der Waals surface area contributed by atoms with E-state index in [1.807, 2.05) is 0 Å². The minimum absolute atomic E-state index is 0.131. The molecule has 2 aromatic rings. The van der Waals surface area contributed by atoms with E-state index in [1.54, 1.807) is 18.2 Å². The van der Waals surface area contributed by atoms with Crippen LogP contribution in [-0.2, 0) is 4.74 Å². The Kier molecular flexibility index (Phi) is 6.58. The first-order valence-corrected chi connectivity index (χ1v) is 9.88. The van der Waals surface area contributed by atoms with Gasteiger partial charge in [0.25, 0.3) is 5.91 Å². The van der Waals surface area contributed by atoms with Crippen LogP contribution < -0.4 is 10.2 Å². The van der Waals surface area contributed by atoms with Crippen molar-refractivity contribution in [3.63, 3.8) is 0 Å². The summed E-state index contributed by atoms with van der Waals surface area (Å²) < 4.78 is 5.39. The molecule has 1 aromatic carbocycles. The molecule has 0 radical (unpaired) electrons. The van der Waals surface area contributed by atoms with Crippen LogP contribution in [0.3, 0.4) is 0 Å². The molecule has 0 aliphatic carbocycles. The van der Waals surface area contributed by atoms with Gasteiger partial charge in [0.2, 0.25) is 0 Å². The Hall–Kier alpha value is -1.82. The highest BCUT2D eigenvalue weighted by Crippen LogP contribution is 2.43. The highest BCUT2D eigenvalue weighted by molar-refractivity contribution is 7.18. The first kappa shape index (κ1) is 19.9. The lowest BCUT2D eigenvalue weighted by Gasteiger charge is -2.27. The SMILES string of the molecule is N#Cc1c(N2CCOCC2)sc(C(=O)NCCO)c1-c1ccc(Cl)c(Cl)c1. The number of carbonyl (C=O) groups excluding carboxylic acids is 1. The zero-order valence-electron chi connectivity index (χ0n) is 14.3. The molecule has 0 bridgehead atoms. The van der Waals surface area contributed by atoms with Crippen molar-refractivity contribution in [3.05, 3.63) is 38.7 Å². The Balaban J connectivity index is 2.15. The van der Waals surface area contributed by atoms with Crippen molar-refractivity contribution < 1.29 is 14.6 Å². The van der Waals surface area contributed by atoms with Gasteiger partial charge in [-0.3, -0.25) is 4.79 Å². The van der Waals surface area contributed by atoms with Gasteiger partial charge in [-0.1, -0.05) is 29.3 Å². The Labute approximate surface area is 170 Å². The number of ether oxygens (including phenoxy) is 1. The van der Waals surface area contributed by atoms with Crippen LogP contribution in [0.25, 0.3) is 11.1 Å². The van der Waals surface area contributed by atoms with Crippen LogP contribution in [-0.4, -0.2) is 50.5 Å². The normalized spacial score (nSPS) is 14.1. The summed E-state index contributed by atoms with van der Waals surface area (Å²) in [5.74, 6) is -0.342. The van der Waals surface area contributed by atoms with Crippen molar-refractivity contribution in [2.75, 3.05) is 44.4 Å². The summed E-state index contributed by atoms with van der Waals surface area (Å²) in [4.78, 5) is 15.1. The van der Waals surface area contributed by atoms with Crippen LogP contribution in [0.2, 0.25) is 10.0 Å². The molecule has 3 rings (SSSR count). The molecule has 0 spiro atoms. The number of hydrogen-bond acceptors (Lipinski definition) is 6. The smallest absolute Gasteiger partial charge is 0.262 e. The predicted octanol–water partition coefficient (Wildman–Crippen LogP) is 3.15. The molecule has 1 aliphatic rings. The maximum absolute atomic E-state index is 12.7. The zero-order valence-corrected chi connectivity index (χ0v) is 16.6. The Morgan fingerprint density at radius 3 is 2.70 bits per heavy atom. The molecule has 0 saturated carbocycles. The Bertz CT molecular complexity index is 889. The van der Waals surface area contributed by atoms with E-state index in [2.05, 4.69) is 16.3 Å². The van der Waals surface area contributed by atoms with Crippen molar-refractivity contribution >= 4 is 45.4 Å². The fourth-order valence-corrected chi connectivity index (χ4v) is 4.39. The number of nitrogens with zero attached hydrogens (tertiary/aromatic N) is 2. The molecule has 1 aliphatic heterocycles. The molecule has 6 nitrogen and oxygen atoms in total. The van der Waals surface area contributed by atoms with E-state index in [-0.39, 0.29) is 19.1 Å². The summed E-state index contributed by atoms with van der Waals surface area (Å²) in [6, 6.07) is 7.28. The quantitative estimate of drug-likeness (QED) is 0.768. The molecule has 0 unspecified atom stereocenters. The average Bonchev–Trinajstić information content (AvgIpc) is 3.08. The molecule has 142 valence electrons. The Morgan fingerprint density at radius 2 is 2.07 bits per heavy atom. The third-order valence-electron chi connectivity index (χ3n) is 4.11. The zero-order chi connectivity index (χ0) is 19.4. The van der Waals surface area contributed by atoms with Crippen LogP contribution >= 0.6 is 34.5 Å². The molecule has 27 heavy (non-hydrogen) atoms. The van der Waals surface area contributed by atoms with Gasteiger partial charge in [-0.2, -0.15) is 5.26 Å². The second-order valence-electron chi connectivity index (χ2n) is 5.81. The van der Waals surface area contributed by atoms with E-state index in [0.29, 0.717) is 57.9 Å². The van der Waals surface area contributed by atoms with Gasteiger partial charge < -0.3 is 20.1 Å². The lowest BCUT2D eigenvalue weighted by atomic mass is 10.0. The van der Waals surface area contributed by atoms with Crippen molar-refractivity contribution in [2.24, 2.45) is 0 Å². The summed E-state index contributed by atoms with van der Waals surface area (Å²) >= 11 is 13.4. The molecule has 2 N–H and O–H groups in total. The maximum Gasteiger partial charge on any atom is 0.262 e. The number of amides is 1. The number of rotatable bonds is 5. The van der Waals surface area contributed by atoms with Crippen LogP contribution in [0.15, 0.2) is 18.2 Å². The third kappa shape index (κ3) is 4.21. The minimum atomic E-state index is -0.342. The molecular weight excluding hydrogens is 409 g/mol. The van der Waals surface area contributed by atoms with Crippen molar-refractivity contribution in [1.82, 2.24) is 5.32 Å². The Morgan fingerprint density at radius 1 is 1.33 bits per heavy atom. The predicted molar refractivity (Wildman–Crippen MR) is 107 cm³/mol. The van der Waals surface area contributed by atoms with E-state index < -0.39 is 0 Å². The van der Waals surface area contributed by atoms with Gasteiger partial charge in [-0.15, -0.1) is 11.3 Å². The van der Waals surface area contributed by atoms with Gasteiger partial charge in [-0.25, -0.2) is 0 Å². The number of halogens is 2. The van der Waals surface area contributed by atoms with Gasteiger partial charge in [-0.05, 0) is 17.7 Å². The monoisotopic (exact) mass is 425 g/mol. The molecule has 9 heteroatoms. The fourth-order valence-electron chi connectivity index (χ4n) is 2.85. The van der Waals surface area contributed by atoms with Gasteiger partial charge in [0.05, 0.1) is 35.4 Å². The van der Waals surface area contributed by atoms with Crippen molar-refractivity contribution in [2.45, 2.75) is 0 Å². The largest absolute Gasteiger partial charge is 0.395 e. The molecular formula is C18H17Cl2N3O3S. The number of thiophene rings is 1. The van der Waals surface area contributed by atoms with E-state index in [4.69, 9.17) is 33.0 Å². The number of nitriles is 1. The first-order chi connectivity index (χ1) is 13.1. The maximum atomic E-state index is 12.7. The summed E-state index contributed by atoms with van der Waals surface area (Å²) in [7, 11) is 0. The van der Waals surface area contributed by atoms with Gasteiger partial charge in [0.1, 0.15) is 15.9 Å². The minimum Gasteiger partial charge on any atom is -0.395 e. The van der Waals surface area contributed by atoms with Crippen molar-refractivity contribution in [3.8, 4) is 17.2 Å². The molecule has 1 fully saturated rings. The number of aliphatic hydroxyl groups excluding tert-OH is 1. The van der Waals surface area contributed by atoms with Crippen LogP contribution in [0, 0.1) is 11.3 Å². The number of morpholine rings is 1. The van der Waals surface area contributed by atoms with Gasteiger partial charge >= 0.3 is 0 Å². The second-order valence-corrected chi connectivity index (χ2v) is 7.62. The lowest BCUT2D eigenvalue weighted by Crippen LogP contribution is -2.36. The molecule has 1 aromatic heterocycles. The second kappa shape index (κ2) is 8.91. The highest BCUT2D eigenvalue weighted by Gasteiger charge is 2.28. The average molecular weight is 426 g/mol. The molecule has 1 amide bonds. The van der Waals surface area contributed by atoms with Crippen LogP contribution in [0.5, 0.6) is 0 Å². The summed E-state index contributed by atoms with van der Waals surface area (Å²) in [5, 5.41) is 23.0. The fraction of sp³-hybridized carbons (Fsp3) is 0.333. The number of carbonyl (C=O) groups is 1. The number of benzene rings is 1. The van der Waals surface area contributed by atoms with E-state index in [1.165, 1.54) is 11.3 Å². The van der Waals surface area contributed by atoms with E-state index >= 15 is 0 Å².